The lowest BCUT2D eigenvalue weighted by atomic mass is 9.88. The number of carbonyl (C=O) groups excluding carboxylic acids is 1. The van der Waals surface area contributed by atoms with Crippen LogP contribution in [0.4, 0.5) is 0 Å². The largest absolute Gasteiger partial charge is 0.339 e. The highest BCUT2D eigenvalue weighted by atomic mass is 35.5. The first kappa shape index (κ1) is 25.5. The van der Waals surface area contributed by atoms with Crippen molar-refractivity contribution in [2.24, 2.45) is 0 Å². The summed E-state index contributed by atoms with van der Waals surface area (Å²) in [6, 6.07) is 15.7. The molecule has 1 amide bonds. The van der Waals surface area contributed by atoms with Crippen molar-refractivity contribution in [1.82, 2.24) is 14.9 Å². The SMILES string of the molecule is CCCC#CCCc1nc(-c2cc(C(=O)N3CCC(c4ccc(C#N)cc4)CC3)ccc2C)c(Cl)[nH]1. The van der Waals surface area contributed by atoms with Crippen molar-refractivity contribution >= 4 is 17.5 Å². The van der Waals surface area contributed by atoms with Crippen LogP contribution >= 0.6 is 11.6 Å². The van der Waals surface area contributed by atoms with Gasteiger partial charge in [0.15, 0.2) is 0 Å². The average Bonchev–Trinajstić information content (AvgIpc) is 3.28. The van der Waals surface area contributed by atoms with Gasteiger partial charge in [-0.25, -0.2) is 4.98 Å². The van der Waals surface area contributed by atoms with Crippen molar-refractivity contribution in [3.63, 3.8) is 0 Å². The first-order valence-electron chi connectivity index (χ1n) is 12.6. The molecule has 0 bridgehead atoms. The van der Waals surface area contributed by atoms with Gasteiger partial charge in [-0.15, -0.1) is 11.8 Å². The molecule has 2 heterocycles. The third kappa shape index (κ3) is 5.99. The number of rotatable bonds is 6. The molecule has 1 N–H and O–H groups in total. The molecule has 1 fully saturated rings. The molecule has 4 rings (SSSR count). The summed E-state index contributed by atoms with van der Waals surface area (Å²) in [4.78, 5) is 23.2. The molecule has 0 atom stereocenters. The number of nitriles is 1. The number of hydrogen-bond acceptors (Lipinski definition) is 3. The Kier molecular flexibility index (Phi) is 8.47. The highest BCUT2D eigenvalue weighted by molar-refractivity contribution is 6.32. The molecular weight excluding hydrogens is 468 g/mol. The van der Waals surface area contributed by atoms with Crippen molar-refractivity contribution in [1.29, 1.82) is 5.26 Å². The number of nitrogens with zero attached hydrogens (tertiary/aromatic N) is 3. The van der Waals surface area contributed by atoms with Crippen molar-refractivity contribution in [2.45, 2.75) is 58.3 Å². The fourth-order valence-corrected chi connectivity index (χ4v) is 4.87. The highest BCUT2D eigenvalue weighted by Crippen LogP contribution is 2.32. The summed E-state index contributed by atoms with van der Waals surface area (Å²) in [5.74, 6) is 7.58. The molecule has 36 heavy (non-hydrogen) atoms. The summed E-state index contributed by atoms with van der Waals surface area (Å²) in [5, 5.41) is 9.51. The van der Waals surface area contributed by atoms with Crippen LogP contribution in [0.25, 0.3) is 11.3 Å². The third-order valence-electron chi connectivity index (χ3n) is 6.73. The minimum Gasteiger partial charge on any atom is -0.339 e. The Bertz CT molecular complexity index is 1320. The van der Waals surface area contributed by atoms with Gasteiger partial charge >= 0.3 is 0 Å². The van der Waals surface area contributed by atoms with Gasteiger partial charge in [0.2, 0.25) is 0 Å². The maximum absolute atomic E-state index is 13.4. The number of aryl methyl sites for hydroxylation is 2. The fourth-order valence-electron chi connectivity index (χ4n) is 4.62. The summed E-state index contributed by atoms with van der Waals surface area (Å²) < 4.78 is 0. The normalized spacial score (nSPS) is 13.7. The van der Waals surface area contributed by atoms with Crippen molar-refractivity contribution < 1.29 is 4.79 Å². The number of aromatic nitrogens is 2. The Morgan fingerprint density at radius 3 is 2.56 bits per heavy atom. The van der Waals surface area contributed by atoms with Gasteiger partial charge in [-0.05, 0) is 67.5 Å². The van der Waals surface area contributed by atoms with Crippen LogP contribution in [-0.2, 0) is 6.42 Å². The quantitative estimate of drug-likeness (QED) is 0.386. The van der Waals surface area contributed by atoms with E-state index >= 15 is 0 Å². The van der Waals surface area contributed by atoms with Crippen LogP contribution in [0.15, 0.2) is 42.5 Å². The molecule has 6 heteroatoms. The van der Waals surface area contributed by atoms with Crippen LogP contribution in [0.2, 0.25) is 5.15 Å². The van der Waals surface area contributed by atoms with Gasteiger partial charge in [0, 0.05) is 43.5 Å². The molecule has 0 radical (unpaired) electrons. The summed E-state index contributed by atoms with van der Waals surface area (Å²) in [6.07, 6.45) is 5.24. The third-order valence-corrected chi connectivity index (χ3v) is 7.00. The minimum atomic E-state index is 0.0348. The van der Waals surface area contributed by atoms with E-state index in [0.717, 1.165) is 49.1 Å². The monoisotopic (exact) mass is 498 g/mol. The fraction of sp³-hybridized carbons (Fsp3) is 0.367. The van der Waals surface area contributed by atoms with E-state index in [4.69, 9.17) is 21.8 Å². The van der Waals surface area contributed by atoms with Crippen LogP contribution in [0.5, 0.6) is 0 Å². The number of nitrogens with one attached hydrogen (secondary N) is 1. The average molecular weight is 499 g/mol. The predicted octanol–water partition coefficient (Wildman–Crippen LogP) is 6.67. The number of carbonyl (C=O) groups is 1. The van der Waals surface area contributed by atoms with Crippen LogP contribution < -0.4 is 0 Å². The number of H-pyrrole nitrogens is 1. The van der Waals surface area contributed by atoms with Crippen LogP contribution in [0, 0.1) is 30.1 Å². The first-order valence-corrected chi connectivity index (χ1v) is 13.0. The zero-order valence-electron chi connectivity index (χ0n) is 20.9. The lowest BCUT2D eigenvalue weighted by Gasteiger charge is -2.32. The van der Waals surface area contributed by atoms with Gasteiger partial charge in [0.25, 0.3) is 5.91 Å². The molecule has 5 nitrogen and oxygen atoms in total. The van der Waals surface area contributed by atoms with Gasteiger partial charge < -0.3 is 9.88 Å². The van der Waals surface area contributed by atoms with Crippen LogP contribution in [0.3, 0.4) is 0 Å². The number of hydrogen-bond donors (Lipinski definition) is 1. The molecule has 3 aromatic rings. The first-order chi connectivity index (χ1) is 17.5. The van der Waals surface area contributed by atoms with E-state index in [-0.39, 0.29) is 5.91 Å². The predicted molar refractivity (Wildman–Crippen MR) is 144 cm³/mol. The summed E-state index contributed by atoms with van der Waals surface area (Å²) in [6.45, 7) is 5.54. The van der Waals surface area contributed by atoms with E-state index in [1.165, 1.54) is 5.56 Å². The number of benzene rings is 2. The second-order valence-electron chi connectivity index (χ2n) is 9.28. The van der Waals surface area contributed by atoms with E-state index in [0.29, 0.717) is 47.4 Å². The maximum atomic E-state index is 13.4. The van der Waals surface area contributed by atoms with E-state index in [9.17, 15) is 4.79 Å². The summed E-state index contributed by atoms with van der Waals surface area (Å²) >= 11 is 6.52. The lowest BCUT2D eigenvalue weighted by molar-refractivity contribution is 0.0713. The number of aromatic amines is 1. The lowest BCUT2D eigenvalue weighted by Crippen LogP contribution is -2.37. The minimum absolute atomic E-state index is 0.0348. The number of piperidine rings is 1. The Labute approximate surface area is 218 Å². The molecule has 2 aromatic carbocycles. The van der Waals surface area contributed by atoms with E-state index in [2.05, 4.69) is 29.8 Å². The molecule has 0 unspecified atom stereocenters. The van der Waals surface area contributed by atoms with Gasteiger partial charge in [-0.1, -0.05) is 36.7 Å². The number of halogens is 1. The number of imidazole rings is 1. The van der Waals surface area contributed by atoms with Gasteiger partial charge in [-0.3, -0.25) is 4.79 Å². The molecule has 0 aliphatic carbocycles. The van der Waals surface area contributed by atoms with E-state index in [1.54, 1.807) is 0 Å². The molecular formula is C30H31ClN4O. The number of amides is 1. The van der Waals surface area contributed by atoms with Crippen molar-refractivity contribution in [2.75, 3.05) is 13.1 Å². The van der Waals surface area contributed by atoms with E-state index < -0.39 is 0 Å². The Balaban J connectivity index is 1.44. The smallest absolute Gasteiger partial charge is 0.253 e. The Hall–Kier alpha value is -3.54. The van der Waals surface area contributed by atoms with Crippen molar-refractivity contribution in [3.8, 4) is 29.2 Å². The van der Waals surface area contributed by atoms with Crippen LogP contribution in [-0.4, -0.2) is 33.9 Å². The Morgan fingerprint density at radius 1 is 1.14 bits per heavy atom. The molecule has 0 saturated carbocycles. The van der Waals surface area contributed by atoms with Crippen LogP contribution in [0.1, 0.15) is 77.8 Å². The Morgan fingerprint density at radius 2 is 1.86 bits per heavy atom. The highest BCUT2D eigenvalue weighted by Gasteiger charge is 2.25. The second kappa shape index (κ2) is 11.9. The summed E-state index contributed by atoms with van der Waals surface area (Å²) in [7, 11) is 0. The zero-order valence-corrected chi connectivity index (χ0v) is 21.7. The van der Waals surface area contributed by atoms with Gasteiger partial charge in [0.05, 0.1) is 11.6 Å². The maximum Gasteiger partial charge on any atom is 0.253 e. The number of likely N-dealkylation sites (tertiary alicyclic amines) is 1. The molecule has 184 valence electrons. The zero-order chi connectivity index (χ0) is 25.5. The van der Waals surface area contributed by atoms with Crippen molar-refractivity contribution in [3.05, 3.63) is 75.7 Å². The number of unbranched alkanes of at least 4 members (excludes halogenated alkanes) is 1. The molecule has 0 spiro atoms. The standard InChI is InChI=1S/C30H31ClN4O/c1-3-4-5-6-7-8-27-33-28(29(31)34-27)26-19-25(12-9-21(26)2)30(36)35-17-15-24(16-18-35)23-13-10-22(20-32)11-14-23/h9-14,19,24H,3-4,7-8,15-18H2,1-2H3,(H,33,34). The van der Waals surface area contributed by atoms with Gasteiger partial charge in [-0.2, -0.15) is 5.26 Å². The van der Waals surface area contributed by atoms with E-state index in [1.807, 2.05) is 54.3 Å². The molecule has 1 saturated heterocycles. The summed E-state index contributed by atoms with van der Waals surface area (Å²) in [5.41, 5.74) is 5.13. The second-order valence-corrected chi connectivity index (χ2v) is 9.66. The molecule has 1 aliphatic heterocycles. The van der Waals surface area contributed by atoms with Gasteiger partial charge in [0.1, 0.15) is 16.7 Å². The molecule has 1 aliphatic rings. The topological polar surface area (TPSA) is 72.8 Å². The molecule has 1 aromatic heterocycles.